The Morgan fingerprint density at radius 2 is 1.86 bits per heavy atom. The molecule has 44 heavy (non-hydrogen) atoms. The van der Waals surface area contributed by atoms with Crippen molar-refractivity contribution in [1.29, 1.82) is 10.5 Å². The number of piperazine rings is 1. The van der Waals surface area contributed by atoms with Gasteiger partial charge in [0.1, 0.15) is 30.7 Å². The molecule has 12 heteroatoms. The normalized spacial score (nSPS) is 20.7. The van der Waals surface area contributed by atoms with Gasteiger partial charge in [-0.15, -0.1) is 0 Å². The van der Waals surface area contributed by atoms with Crippen molar-refractivity contribution in [2.75, 3.05) is 56.2 Å². The lowest BCUT2D eigenvalue weighted by Gasteiger charge is -2.43. The van der Waals surface area contributed by atoms with E-state index in [4.69, 9.17) is 14.7 Å². The lowest BCUT2D eigenvalue weighted by Crippen LogP contribution is -2.56. The molecule has 0 radical (unpaired) electrons. The molecule has 2 aromatic carbocycles. The van der Waals surface area contributed by atoms with E-state index in [2.05, 4.69) is 48.3 Å². The van der Waals surface area contributed by atoms with Crippen LogP contribution in [0.1, 0.15) is 31.7 Å². The summed E-state index contributed by atoms with van der Waals surface area (Å²) in [7, 11) is 0. The number of carbonyl (C=O) groups excluding carboxylic acids is 1. The first kappa shape index (κ1) is 29.3. The molecule has 1 N–H and O–H groups in total. The molecule has 0 bridgehead atoms. The second-order valence-corrected chi connectivity index (χ2v) is 11.4. The number of nitriles is 2. The number of nitrogens with one attached hydrogen (secondary N) is 1. The summed E-state index contributed by atoms with van der Waals surface area (Å²) in [4.78, 5) is 32.0. The number of anilines is 3. The Labute approximate surface area is 256 Å². The Hall–Kier alpha value is -4.78. The second kappa shape index (κ2) is 13.2. The lowest BCUT2D eigenvalue weighted by atomic mass is 10.00. The molecule has 226 valence electrons. The summed E-state index contributed by atoms with van der Waals surface area (Å²) in [6.07, 6.45) is 2.45. The molecule has 0 spiro atoms. The zero-order valence-corrected chi connectivity index (χ0v) is 24.7. The van der Waals surface area contributed by atoms with Crippen molar-refractivity contribution in [3.05, 3.63) is 54.4 Å². The maximum Gasteiger partial charge on any atom is 0.237 e. The first-order chi connectivity index (χ1) is 21.5. The van der Waals surface area contributed by atoms with E-state index in [0.29, 0.717) is 54.1 Å². The largest absolute Gasteiger partial charge is 0.489 e. The van der Waals surface area contributed by atoms with E-state index in [-0.39, 0.29) is 24.5 Å². The predicted molar refractivity (Wildman–Crippen MR) is 163 cm³/mol. The zero-order chi connectivity index (χ0) is 30.5. The Bertz CT molecular complexity index is 1560. The number of aromatic nitrogens is 3. The van der Waals surface area contributed by atoms with E-state index in [1.807, 2.05) is 31.2 Å². The molecule has 6 rings (SSSR count). The van der Waals surface area contributed by atoms with Crippen LogP contribution in [-0.2, 0) is 9.53 Å². The van der Waals surface area contributed by atoms with E-state index in [9.17, 15) is 10.1 Å². The highest BCUT2D eigenvalue weighted by Gasteiger charge is 2.30. The molecular formula is C32H35N9O3. The van der Waals surface area contributed by atoms with Gasteiger partial charge in [0.2, 0.25) is 11.9 Å². The molecule has 1 aromatic heterocycles. The van der Waals surface area contributed by atoms with Crippen molar-refractivity contribution < 1.29 is 14.3 Å². The quantitative estimate of drug-likeness (QED) is 0.411. The molecule has 0 saturated carbocycles. The summed E-state index contributed by atoms with van der Waals surface area (Å²) in [6, 6.07) is 18.3. The molecule has 3 aromatic rings. The van der Waals surface area contributed by atoms with Crippen LogP contribution in [0.15, 0.2) is 48.8 Å². The van der Waals surface area contributed by atoms with Crippen LogP contribution in [-0.4, -0.2) is 94.8 Å². The molecule has 3 aliphatic heterocycles. The highest BCUT2D eigenvalue weighted by Crippen LogP contribution is 2.29. The first-order valence-electron chi connectivity index (χ1n) is 15.0. The Morgan fingerprint density at radius 1 is 1.07 bits per heavy atom. The van der Waals surface area contributed by atoms with Crippen molar-refractivity contribution >= 4 is 23.2 Å². The molecule has 2 atom stereocenters. The third-order valence-electron chi connectivity index (χ3n) is 8.54. The molecule has 3 aliphatic rings. The standard InChI is InChI=1S/C32H35N9O3/c1-22-16-28(9-11-41(22)30(42)8-10-33)44-29-7-2-23(17-24(29)18-34)31-35-21-36-32(38-31)37-25-3-5-26(6-4-25)39-12-14-40(15-13-39)27-19-43-20-27/h2-7,17,21-22,27-28H,8-9,11-16,19-20H2,1H3,(H,35,36,37,38). The van der Waals surface area contributed by atoms with Gasteiger partial charge in [-0.05, 0) is 49.4 Å². The minimum Gasteiger partial charge on any atom is -0.489 e. The molecular weight excluding hydrogens is 558 g/mol. The second-order valence-electron chi connectivity index (χ2n) is 11.4. The van der Waals surface area contributed by atoms with Crippen LogP contribution < -0.4 is 15.0 Å². The van der Waals surface area contributed by atoms with Crippen LogP contribution >= 0.6 is 0 Å². The molecule has 2 unspecified atom stereocenters. The summed E-state index contributed by atoms with van der Waals surface area (Å²) in [5, 5.41) is 22.0. The topological polar surface area (TPSA) is 144 Å². The van der Waals surface area contributed by atoms with Crippen LogP contribution in [0.2, 0.25) is 0 Å². The third-order valence-corrected chi connectivity index (χ3v) is 8.54. The Morgan fingerprint density at radius 3 is 2.55 bits per heavy atom. The third kappa shape index (κ3) is 6.57. The van der Waals surface area contributed by atoms with E-state index in [1.165, 1.54) is 12.0 Å². The minimum absolute atomic E-state index is 0.0463. The van der Waals surface area contributed by atoms with Crippen molar-refractivity contribution in [3.63, 3.8) is 0 Å². The summed E-state index contributed by atoms with van der Waals surface area (Å²) < 4.78 is 11.5. The van der Waals surface area contributed by atoms with E-state index >= 15 is 0 Å². The fourth-order valence-corrected chi connectivity index (χ4v) is 5.97. The van der Waals surface area contributed by atoms with Gasteiger partial charge in [0.15, 0.2) is 5.82 Å². The number of nitrogens with zero attached hydrogens (tertiary/aromatic N) is 8. The average Bonchev–Trinajstić information content (AvgIpc) is 3.01. The highest BCUT2D eigenvalue weighted by atomic mass is 16.5. The Kier molecular flexibility index (Phi) is 8.82. The number of hydrogen-bond donors (Lipinski definition) is 1. The van der Waals surface area contributed by atoms with E-state index in [0.717, 1.165) is 45.1 Å². The lowest BCUT2D eigenvalue weighted by molar-refractivity contribution is -0.134. The highest BCUT2D eigenvalue weighted by molar-refractivity contribution is 5.78. The number of amides is 1. The summed E-state index contributed by atoms with van der Waals surface area (Å²) in [5.74, 6) is 1.17. The van der Waals surface area contributed by atoms with Crippen molar-refractivity contribution in [2.45, 2.75) is 44.4 Å². The van der Waals surface area contributed by atoms with Crippen LogP contribution in [0.5, 0.6) is 5.75 Å². The average molecular weight is 594 g/mol. The molecule has 4 heterocycles. The van der Waals surface area contributed by atoms with E-state index in [1.54, 1.807) is 17.0 Å². The number of likely N-dealkylation sites (tertiary alicyclic amines) is 1. The molecule has 1 amide bonds. The van der Waals surface area contributed by atoms with Crippen molar-refractivity contribution in [1.82, 2.24) is 24.8 Å². The van der Waals surface area contributed by atoms with Gasteiger partial charge in [-0.3, -0.25) is 9.69 Å². The smallest absolute Gasteiger partial charge is 0.237 e. The number of hydrogen-bond acceptors (Lipinski definition) is 11. The van der Waals surface area contributed by atoms with Gasteiger partial charge >= 0.3 is 0 Å². The molecule has 12 nitrogen and oxygen atoms in total. The predicted octanol–water partition coefficient (Wildman–Crippen LogP) is 3.35. The zero-order valence-electron chi connectivity index (χ0n) is 24.7. The number of rotatable bonds is 8. The van der Waals surface area contributed by atoms with Gasteiger partial charge in [0.05, 0.1) is 30.9 Å². The number of benzene rings is 2. The fraction of sp³-hybridized carbons (Fsp3) is 0.438. The van der Waals surface area contributed by atoms with Gasteiger partial charge in [0, 0.05) is 68.5 Å². The van der Waals surface area contributed by atoms with Crippen LogP contribution in [0, 0.1) is 22.7 Å². The molecule has 3 saturated heterocycles. The van der Waals surface area contributed by atoms with Crippen molar-refractivity contribution in [2.24, 2.45) is 0 Å². The SMILES string of the molecule is CC1CC(Oc2ccc(-c3ncnc(Nc4ccc(N5CCN(C6COC6)CC5)cc4)n3)cc2C#N)CCN1C(=O)CC#N. The molecule has 3 fully saturated rings. The summed E-state index contributed by atoms with van der Waals surface area (Å²) in [6.45, 7) is 8.27. The fourth-order valence-electron chi connectivity index (χ4n) is 5.97. The van der Waals surface area contributed by atoms with Crippen LogP contribution in [0.4, 0.5) is 17.3 Å². The first-order valence-corrected chi connectivity index (χ1v) is 15.0. The Balaban J connectivity index is 1.07. The monoisotopic (exact) mass is 593 g/mol. The number of carbonyl (C=O) groups is 1. The summed E-state index contributed by atoms with van der Waals surface area (Å²) in [5.41, 5.74) is 3.11. The van der Waals surface area contributed by atoms with Gasteiger partial charge in [-0.1, -0.05) is 0 Å². The van der Waals surface area contributed by atoms with Crippen molar-refractivity contribution in [3.8, 4) is 29.3 Å². The van der Waals surface area contributed by atoms with Gasteiger partial charge in [0.25, 0.3) is 0 Å². The van der Waals surface area contributed by atoms with Crippen LogP contribution in [0.3, 0.4) is 0 Å². The number of ether oxygens (including phenoxy) is 2. The summed E-state index contributed by atoms with van der Waals surface area (Å²) >= 11 is 0. The van der Waals surface area contributed by atoms with E-state index < -0.39 is 0 Å². The maximum atomic E-state index is 12.2. The minimum atomic E-state index is -0.159. The van der Waals surface area contributed by atoms with Gasteiger partial charge in [-0.25, -0.2) is 9.97 Å². The van der Waals surface area contributed by atoms with Crippen LogP contribution in [0.25, 0.3) is 11.4 Å². The molecule has 0 aliphatic carbocycles. The van der Waals surface area contributed by atoms with Gasteiger partial charge < -0.3 is 24.6 Å². The number of piperidine rings is 1. The van der Waals surface area contributed by atoms with Gasteiger partial charge in [-0.2, -0.15) is 15.5 Å². The maximum absolute atomic E-state index is 12.2.